The Morgan fingerprint density at radius 2 is 0.602 bits per heavy atom. The van der Waals surface area contributed by atoms with Crippen molar-refractivity contribution in [1.29, 1.82) is 0 Å². The number of fused-ring (bicyclic) bond motifs is 6. The van der Waals surface area contributed by atoms with E-state index < -0.39 is 0 Å². The molecule has 1 nitrogen and oxygen atoms in total. The van der Waals surface area contributed by atoms with Crippen LogP contribution in [0.25, 0.3) is 66.8 Å². The van der Waals surface area contributed by atoms with Gasteiger partial charge in [-0.25, -0.2) is 0 Å². The molecule has 0 heterocycles. The number of anilines is 3. The average molecular weight is 1270 g/mol. The minimum atomic E-state index is -0.0665. The topological polar surface area (TPSA) is 3.24 Å². The largest absolute Gasteiger partial charge is 0.310 e. The molecule has 0 bridgehead atoms. The van der Waals surface area contributed by atoms with E-state index in [1.54, 1.807) is 0 Å². The molecule has 14 rings (SSSR count). The number of hydrogen-bond acceptors (Lipinski definition) is 1. The van der Waals surface area contributed by atoms with Crippen LogP contribution < -0.4 is 4.90 Å². The number of halogens is 3. The minimum Gasteiger partial charge on any atom is -0.310 e. The fourth-order valence-electron chi connectivity index (χ4n) is 12.1. The van der Waals surface area contributed by atoms with Gasteiger partial charge >= 0.3 is 0 Å². The molecule has 0 saturated heterocycles. The van der Waals surface area contributed by atoms with E-state index in [4.69, 9.17) is 0 Å². The molecule has 0 aliphatic heterocycles. The SMILES string of the molecule is Brc1cccc(-c2cccc(Br)c2)c1.CC1(C)c2ccccc2-c2ccc(Cc3ccc(-c4ccccc4)cc3)cc21.CC1(C)c2ccccc2-c2ccc(N(c3ccc(-c4ccccc4)cc3)c3cccc(-c4cccc(Br)c4)c3)cc21. The number of rotatable bonds is 9. The van der Waals surface area contributed by atoms with Crippen LogP contribution in [-0.4, -0.2) is 0 Å². The molecule has 0 fully saturated rings. The summed E-state index contributed by atoms with van der Waals surface area (Å²) >= 11 is 10.6. The van der Waals surface area contributed by atoms with Gasteiger partial charge in [-0.2, -0.15) is 0 Å². The van der Waals surface area contributed by atoms with Gasteiger partial charge in [0.2, 0.25) is 0 Å². The first-order valence-corrected chi connectivity index (χ1v) is 30.7. The third-order valence-corrected chi connectivity index (χ3v) is 17.9. The van der Waals surface area contributed by atoms with Crippen molar-refractivity contribution in [2.24, 2.45) is 0 Å². The second kappa shape index (κ2) is 24.0. The predicted octanol–water partition coefficient (Wildman–Crippen LogP) is 23.7. The first kappa shape index (κ1) is 55.4. The van der Waals surface area contributed by atoms with E-state index in [0.29, 0.717) is 0 Å². The molecule has 404 valence electrons. The maximum Gasteiger partial charge on any atom is 0.0467 e. The Morgan fingerprint density at radius 3 is 1.10 bits per heavy atom. The lowest BCUT2D eigenvalue weighted by Gasteiger charge is -2.28. The van der Waals surface area contributed by atoms with Gasteiger partial charge in [0.05, 0.1) is 0 Å². The normalized spacial score (nSPS) is 12.8. The molecule has 0 atom stereocenters. The smallest absolute Gasteiger partial charge is 0.0467 e. The van der Waals surface area contributed by atoms with Gasteiger partial charge in [-0.05, 0) is 179 Å². The summed E-state index contributed by atoms with van der Waals surface area (Å²) in [4.78, 5) is 2.38. The Bertz CT molecular complexity index is 4210. The monoisotopic (exact) mass is 1260 g/mol. The van der Waals surface area contributed by atoms with Gasteiger partial charge in [0, 0.05) is 41.3 Å². The van der Waals surface area contributed by atoms with Gasteiger partial charge in [-0.1, -0.05) is 294 Å². The zero-order valence-electron chi connectivity index (χ0n) is 47.0. The molecule has 12 aromatic rings. The zero-order valence-corrected chi connectivity index (χ0v) is 51.8. The lowest BCUT2D eigenvalue weighted by molar-refractivity contribution is 0.659. The molecule has 0 saturated carbocycles. The second-order valence-corrected chi connectivity index (χ2v) is 25.3. The highest BCUT2D eigenvalue weighted by Crippen LogP contribution is 2.52. The van der Waals surface area contributed by atoms with Crippen LogP contribution in [0, 0.1) is 0 Å². The van der Waals surface area contributed by atoms with Crippen LogP contribution in [0.3, 0.4) is 0 Å². The third-order valence-electron chi connectivity index (χ3n) is 16.4. The molecule has 0 spiro atoms. The molecule has 12 aromatic carbocycles. The third kappa shape index (κ3) is 11.8. The summed E-state index contributed by atoms with van der Waals surface area (Å²) in [7, 11) is 0. The van der Waals surface area contributed by atoms with E-state index >= 15 is 0 Å². The molecular formula is C79H62Br3N. The fourth-order valence-corrected chi connectivity index (χ4v) is 13.3. The summed E-state index contributed by atoms with van der Waals surface area (Å²) in [6, 6.07) is 105. The van der Waals surface area contributed by atoms with Crippen LogP contribution in [0.2, 0.25) is 0 Å². The Balaban J connectivity index is 0.000000139. The number of hydrogen-bond donors (Lipinski definition) is 0. The molecule has 83 heavy (non-hydrogen) atoms. The van der Waals surface area contributed by atoms with Gasteiger partial charge < -0.3 is 4.90 Å². The van der Waals surface area contributed by atoms with Gasteiger partial charge in [-0.15, -0.1) is 0 Å². The Hall–Kier alpha value is -8.12. The van der Waals surface area contributed by atoms with E-state index in [2.05, 4.69) is 347 Å². The minimum absolute atomic E-state index is 0.0665. The molecule has 2 aliphatic carbocycles. The highest BCUT2D eigenvalue weighted by Gasteiger charge is 2.37. The van der Waals surface area contributed by atoms with Crippen molar-refractivity contribution in [1.82, 2.24) is 0 Å². The van der Waals surface area contributed by atoms with Gasteiger partial charge in [0.15, 0.2) is 0 Å². The summed E-state index contributed by atoms with van der Waals surface area (Å²) in [6.45, 7) is 9.37. The zero-order chi connectivity index (χ0) is 57.1. The Morgan fingerprint density at radius 1 is 0.253 bits per heavy atom. The van der Waals surface area contributed by atoms with Crippen molar-refractivity contribution < 1.29 is 0 Å². The maximum atomic E-state index is 3.65. The molecule has 4 heteroatoms. The van der Waals surface area contributed by atoms with Gasteiger partial charge in [0.25, 0.3) is 0 Å². The van der Waals surface area contributed by atoms with E-state index in [-0.39, 0.29) is 10.8 Å². The summed E-state index contributed by atoms with van der Waals surface area (Å²) in [5.41, 5.74) is 27.0. The maximum absolute atomic E-state index is 3.65. The first-order chi connectivity index (χ1) is 40.4. The average Bonchev–Trinajstić information content (AvgIpc) is 3.70. The van der Waals surface area contributed by atoms with E-state index in [9.17, 15) is 0 Å². The highest BCUT2D eigenvalue weighted by molar-refractivity contribution is 9.11. The molecule has 0 radical (unpaired) electrons. The molecule has 0 amide bonds. The summed E-state index contributed by atoms with van der Waals surface area (Å²) in [5, 5.41) is 0. The van der Waals surface area contributed by atoms with Crippen LogP contribution in [0.15, 0.2) is 305 Å². The lowest BCUT2D eigenvalue weighted by Crippen LogP contribution is -2.16. The van der Waals surface area contributed by atoms with E-state index in [1.165, 1.54) is 100 Å². The molecule has 0 aromatic heterocycles. The molecule has 2 aliphatic rings. The molecular weight excluding hydrogens is 1200 g/mol. The van der Waals surface area contributed by atoms with Crippen LogP contribution in [0.1, 0.15) is 61.1 Å². The van der Waals surface area contributed by atoms with E-state index in [1.807, 2.05) is 24.3 Å². The quantitative estimate of drug-likeness (QED) is 0.139. The lowest BCUT2D eigenvalue weighted by atomic mass is 9.81. The fraction of sp³-hybridized carbons (Fsp3) is 0.0886. The van der Waals surface area contributed by atoms with Gasteiger partial charge in [-0.3, -0.25) is 0 Å². The van der Waals surface area contributed by atoms with Crippen molar-refractivity contribution in [2.75, 3.05) is 4.90 Å². The van der Waals surface area contributed by atoms with Gasteiger partial charge in [0.1, 0.15) is 0 Å². The van der Waals surface area contributed by atoms with Crippen molar-refractivity contribution in [2.45, 2.75) is 44.9 Å². The molecule has 0 N–H and O–H groups in total. The van der Waals surface area contributed by atoms with Crippen LogP contribution >= 0.6 is 47.8 Å². The van der Waals surface area contributed by atoms with Crippen molar-refractivity contribution in [3.05, 3.63) is 338 Å². The summed E-state index contributed by atoms with van der Waals surface area (Å²) in [5.74, 6) is 0. The van der Waals surface area contributed by atoms with Crippen molar-refractivity contribution in [3.8, 4) is 66.8 Å². The number of nitrogens with zero attached hydrogens (tertiary/aromatic N) is 1. The van der Waals surface area contributed by atoms with Crippen LogP contribution in [-0.2, 0) is 17.3 Å². The highest BCUT2D eigenvalue weighted by atomic mass is 79.9. The predicted molar refractivity (Wildman–Crippen MR) is 363 cm³/mol. The van der Waals surface area contributed by atoms with Crippen LogP contribution in [0.5, 0.6) is 0 Å². The standard InChI is InChI=1S/C39H30BrN.C28H24.C12H8Br2/c1-39(2)37-17-7-6-16-35(37)36-23-22-34(26-38(36)39)41(32-20-18-28(19-21-32)27-10-4-3-5-11-27)33-15-9-13-30(25-33)29-12-8-14-31(40)24-29;1-28(2)26-11-7-6-10-24(26)25-17-14-21(19-27(25)28)18-20-12-15-23(16-13-20)22-8-4-3-5-9-22;13-11-5-1-3-9(7-11)10-4-2-6-12(14)8-10/h3-26H,1-2H3;3-17,19H,18H2,1-2H3;1-8H. The van der Waals surface area contributed by atoms with Crippen molar-refractivity contribution in [3.63, 3.8) is 0 Å². The molecule has 0 unspecified atom stereocenters. The summed E-state index contributed by atoms with van der Waals surface area (Å²) < 4.78 is 3.29. The summed E-state index contributed by atoms with van der Waals surface area (Å²) in [6.07, 6.45) is 0.967. The van der Waals surface area contributed by atoms with Crippen LogP contribution in [0.4, 0.5) is 17.1 Å². The Kier molecular flexibility index (Phi) is 16.0. The number of benzene rings is 12. The first-order valence-electron chi connectivity index (χ1n) is 28.3. The Labute approximate surface area is 515 Å². The van der Waals surface area contributed by atoms with E-state index in [0.717, 1.165) is 36.9 Å². The second-order valence-electron chi connectivity index (χ2n) is 22.5. The van der Waals surface area contributed by atoms with Crippen molar-refractivity contribution >= 4 is 64.9 Å².